The van der Waals surface area contributed by atoms with Gasteiger partial charge in [0.1, 0.15) is 5.56 Å². The molecule has 7 nitrogen and oxygen atoms in total. The van der Waals surface area contributed by atoms with Crippen molar-refractivity contribution in [2.24, 2.45) is 0 Å². The zero-order valence-electron chi connectivity index (χ0n) is 15.0. The first-order valence-electron chi connectivity index (χ1n) is 8.30. The molecule has 0 spiro atoms. The molecule has 2 aromatic carbocycles. The topological polar surface area (TPSA) is 90.7 Å². The van der Waals surface area contributed by atoms with Crippen LogP contribution in [-0.2, 0) is 0 Å². The number of ether oxygens (including phenoxy) is 2. The molecule has 1 N–H and O–H groups in total. The third kappa shape index (κ3) is 4.50. The van der Waals surface area contributed by atoms with Gasteiger partial charge in [-0.2, -0.15) is 0 Å². The highest BCUT2D eigenvalue weighted by atomic mass is 16.6. The Labute approximate surface area is 152 Å². The van der Waals surface area contributed by atoms with Crippen LogP contribution in [0.1, 0.15) is 35.7 Å². The van der Waals surface area contributed by atoms with Crippen LogP contribution >= 0.6 is 0 Å². The summed E-state index contributed by atoms with van der Waals surface area (Å²) in [5, 5.41) is 14.1. The van der Waals surface area contributed by atoms with Crippen molar-refractivity contribution in [1.82, 2.24) is 5.32 Å². The van der Waals surface area contributed by atoms with Crippen molar-refractivity contribution in [2.75, 3.05) is 20.3 Å². The average molecular weight is 358 g/mol. The molecule has 0 radical (unpaired) electrons. The Morgan fingerprint density at radius 1 is 1.23 bits per heavy atom. The van der Waals surface area contributed by atoms with E-state index < -0.39 is 10.8 Å². The molecule has 26 heavy (non-hydrogen) atoms. The van der Waals surface area contributed by atoms with Gasteiger partial charge in [0.2, 0.25) is 0 Å². The van der Waals surface area contributed by atoms with Crippen LogP contribution in [0, 0.1) is 10.1 Å². The second-order valence-corrected chi connectivity index (χ2v) is 5.73. The molecule has 0 fully saturated rings. The van der Waals surface area contributed by atoms with Gasteiger partial charge in [0, 0.05) is 12.6 Å². The highest BCUT2D eigenvalue weighted by molar-refractivity contribution is 5.99. The summed E-state index contributed by atoms with van der Waals surface area (Å²) >= 11 is 0. The van der Waals surface area contributed by atoms with E-state index in [0.717, 1.165) is 5.56 Å². The number of hydrogen-bond acceptors (Lipinski definition) is 5. The lowest BCUT2D eigenvalue weighted by atomic mass is 10.0. The molecule has 0 saturated carbocycles. The Morgan fingerprint density at radius 2 is 1.92 bits per heavy atom. The minimum Gasteiger partial charge on any atom is -0.493 e. The first kappa shape index (κ1) is 19.2. The number of nitro groups is 1. The van der Waals surface area contributed by atoms with Gasteiger partial charge >= 0.3 is 0 Å². The molecule has 0 heterocycles. The molecule has 2 aromatic rings. The van der Waals surface area contributed by atoms with E-state index in [1.54, 1.807) is 6.92 Å². The lowest BCUT2D eigenvalue weighted by Gasteiger charge is -2.14. The van der Waals surface area contributed by atoms with Gasteiger partial charge in [0.15, 0.2) is 11.5 Å². The molecule has 0 saturated heterocycles. The summed E-state index contributed by atoms with van der Waals surface area (Å²) < 4.78 is 10.5. The Hall–Kier alpha value is -3.09. The molecule has 0 aliphatic carbocycles. The Kier molecular flexibility index (Phi) is 6.54. The van der Waals surface area contributed by atoms with E-state index >= 15 is 0 Å². The highest BCUT2D eigenvalue weighted by Gasteiger charge is 2.25. The maximum atomic E-state index is 12.5. The van der Waals surface area contributed by atoms with E-state index in [0.29, 0.717) is 18.9 Å². The van der Waals surface area contributed by atoms with E-state index in [1.807, 2.05) is 37.3 Å². The number of hydrogen-bond donors (Lipinski definition) is 1. The highest BCUT2D eigenvalue weighted by Crippen LogP contribution is 2.34. The largest absolute Gasteiger partial charge is 0.493 e. The number of carbonyl (C=O) groups excluding carboxylic acids is 1. The van der Waals surface area contributed by atoms with Crippen LogP contribution in [0.25, 0.3) is 0 Å². The number of rotatable bonds is 8. The van der Waals surface area contributed by atoms with Gasteiger partial charge < -0.3 is 14.8 Å². The van der Waals surface area contributed by atoms with Crippen molar-refractivity contribution in [2.45, 2.75) is 19.8 Å². The van der Waals surface area contributed by atoms with Gasteiger partial charge in [-0.15, -0.1) is 0 Å². The Morgan fingerprint density at radius 3 is 2.50 bits per heavy atom. The molecule has 0 aliphatic heterocycles. The van der Waals surface area contributed by atoms with E-state index in [4.69, 9.17) is 9.47 Å². The van der Waals surface area contributed by atoms with Crippen LogP contribution in [0.5, 0.6) is 11.5 Å². The summed E-state index contributed by atoms with van der Waals surface area (Å²) in [5.41, 5.74) is 0.696. The quantitative estimate of drug-likeness (QED) is 0.576. The first-order valence-corrected chi connectivity index (χ1v) is 8.30. The van der Waals surface area contributed by atoms with Crippen molar-refractivity contribution >= 4 is 11.6 Å². The molecular formula is C19H22N2O5. The summed E-state index contributed by atoms with van der Waals surface area (Å²) in [7, 11) is 1.39. The molecular weight excluding hydrogens is 336 g/mol. The molecule has 138 valence electrons. The number of amides is 1. The van der Waals surface area contributed by atoms with Gasteiger partial charge in [-0.25, -0.2) is 0 Å². The predicted octanol–water partition coefficient (Wildman–Crippen LogP) is 3.54. The van der Waals surface area contributed by atoms with E-state index in [-0.39, 0.29) is 22.9 Å². The van der Waals surface area contributed by atoms with Crippen LogP contribution in [0.4, 0.5) is 5.69 Å². The molecule has 0 bridgehead atoms. The number of methoxy groups -OCH3 is 1. The second-order valence-electron chi connectivity index (χ2n) is 5.73. The van der Waals surface area contributed by atoms with Crippen molar-refractivity contribution in [3.05, 3.63) is 63.7 Å². The van der Waals surface area contributed by atoms with Crippen LogP contribution in [0.3, 0.4) is 0 Å². The summed E-state index contributed by atoms with van der Waals surface area (Å²) in [6.07, 6.45) is 0. The normalized spacial score (nSPS) is 11.5. The minimum absolute atomic E-state index is 0.0560. The molecule has 1 atom stereocenters. The maximum Gasteiger partial charge on any atom is 0.286 e. The third-order valence-corrected chi connectivity index (χ3v) is 3.96. The average Bonchev–Trinajstić information content (AvgIpc) is 2.66. The minimum atomic E-state index is -0.603. The van der Waals surface area contributed by atoms with Gasteiger partial charge in [-0.3, -0.25) is 14.9 Å². The van der Waals surface area contributed by atoms with Crippen molar-refractivity contribution in [3.63, 3.8) is 0 Å². The molecule has 0 aromatic heterocycles. The van der Waals surface area contributed by atoms with Crippen molar-refractivity contribution < 1.29 is 19.2 Å². The number of benzene rings is 2. The van der Waals surface area contributed by atoms with Crippen LogP contribution in [0.15, 0.2) is 42.5 Å². The van der Waals surface area contributed by atoms with E-state index in [1.165, 1.54) is 19.2 Å². The van der Waals surface area contributed by atoms with Gasteiger partial charge in [-0.1, -0.05) is 37.3 Å². The van der Waals surface area contributed by atoms with Crippen LogP contribution < -0.4 is 14.8 Å². The summed E-state index contributed by atoms with van der Waals surface area (Å²) in [6.45, 7) is 4.46. The number of nitrogens with zero attached hydrogens (tertiary/aromatic N) is 1. The number of carbonyl (C=O) groups is 1. The smallest absolute Gasteiger partial charge is 0.286 e. The molecule has 2 rings (SSSR count). The maximum absolute atomic E-state index is 12.5. The zero-order chi connectivity index (χ0) is 19.1. The number of nitrogens with one attached hydrogen (secondary N) is 1. The predicted molar refractivity (Wildman–Crippen MR) is 98.0 cm³/mol. The van der Waals surface area contributed by atoms with Gasteiger partial charge in [-0.05, 0) is 18.4 Å². The Balaban J connectivity index is 2.23. The molecule has 0 aliphatic rings. The van der Waals surface area contributed by atoms with Gasteiger partial charge in [0.05, 0.1) is 24.7 Å². The molecule has 7 heteroatoms. The summed E-state index contributed by atoms with van der Waals surface area (Å²) in [5.74, 6) is 0.0570. The second kappa shape index (κ2) is 8.84. The van der Waals surface area contributed by atoms with E-state index in [9.17, 15) is 14.9 Å². The zero-order valence-corrected chi connectivity index (χ0v) is 15.0. The standard InChI is InChI=1S/C19H22N2O5/c1-4-26-18-10-15(16(21(23)24)11-17(18)25-3)19(22)20-12-13(2)14-8-6-5-7-9-14/h5-11,13H,4,12H2,1-3H3,(H,20,22)/t13-/m1/s1. The van der Waals surface area contributed by atoms with Crippen molar-refractivity contribution in [1.29, 1.82) is 0 Å². The van der Waals surface area contributed by atoms with Gasteiger partial charge in [0.25, 0.3) is 11.6 Å². The van der Waals surface area contributed by atoms with Crippen LogP contribution in [-0.4, -0.2) is 31.1 Å². The fourth-order valence-electron chi connectivity index (χ4n) is 2.55. The van der Waals surface area contributed by atoms with Crippen LogP contribution in [0.2, 0.25) is 0 Å². The summed E-state index contributed by atoms with van der Waals surface area (Å²) in [4.78, 5) is 23.3. The Bertz CT molecular complexity index is 777. The fourth-order valence-corrected chi connectivity index (χ4v) is 2.55. The van der Waals surface area contributed by atoms with Crippen molar-refractivity contribution in [3.8, 4) is 11.5 Å². The summed E-state index contributed by atoms with van der Waals surface area (Å²) in [6, 6.07) is 12.3. The molecule has 0 unspecified atom stereocenters. The third-order valence-electron chi connectivity index (χ3n) is 3.96. The lowest BCUT2D eigenvalue weighted by Crippen LogP contribution is -2.28. The number of nitro benzene ring substituents is 1. The monoisotopic (exact) mass is 358 g/mol. The molecule has 1 amide bonds. The SMILES string of the molecule is CCOc1cc(C(=O)NC[C@@H](C)c2ccccc2)c([N+](=O)[O-])cc1OC. The fraction of sp³-hybridized carbons (Fsp3) is 0.316. The van der Waals surface area contributed by atoms with E-state index in [2.05, 4.69) is 5.32 Å². The lowest BCUT2D eigenvalue weighted by molar-refractivity contribution is -0.385. The first-order chi connectivity index (χ1) is 12.5.